The van der Waals surface area contributed by atoms with Gasteiger partial charge in [-0.2, -0.15) is 10.2 Å². The first-order valence-electron chi connectivity index (χ1n) is 9.46. The molecule has 4 aromatic heterocycles. The van der Waals surface area contributed by atoms with Gasteiger partial charge in [0.1, 0.15) is 6.04 Å². The number of aromatic nitrogens is 7. The molecule has 0 radical (unpaired) electrons. The lowest BCUT2D eigenvalue weighted by Gasteiger charge is -2.33. The fourth-order valence-corrected chi connectivity index (χ4v) is 4.03. The van der Waals surface area contributed by atoms with Crippen LogP contribution in [0, 0.1) is 0 Å². The molecule has 5 rings (SSSR count). The third-order valence-corrected chi connectivity index (χ3v) is 5.58. The molecular formula is C19H18ClFN8O. The first kappa shape index (κ1) is 18.7. The van der Waals surface area contributed by atoms with Crippen LogP contribution in [0.15, 0.2) is 30.7 Å². The Bertz CT molecular complexity index is 1260. The van der Waals surface area contributed by atoms with Gasteiger partial charge in [0.2, 0.25) is 5.82 Å². The number of fused-ring (bicyclic) bond motifs is 2. The summed E-state index contributed by atoms with van der Waals surface area (Å²) in [4.78, 5) is 26.8. The molecule has 0 saturated heterocycles. The van der Waals surface area contributed by atoms with Gasteiger partial charge in [-0.3, -0.25) is 4.79 Å². The van der Waals surface area contributed by atoms with Gasteiger partial charge < -0.3 is 9.88 Å². The quantitative estimate of drug-likeness (QED) is 0.541. The van der Waals surface area contributed by atoms with Crippen LogP contribution in [0.3, 0.4) is 0 Å². The fourth-order valence-electron chi connectivity index (χ4n) is 3.82. The van der Waals surface area contributed by atoms with Crippen LogP contribution in [0.1, 0.15) is 52.7 Å². The highest BCUT2D eigenvalue weighted by Gasteiger charge is 2.38. The van der Waals surface area contributed by atoms with E-state index < -0.39 is 12.2 Å². The summed E-state index contributed by atoms with van der Waals surface area (Å²) in [5.74, 6) is -0.312. The Morgan fingerprint density at radius 2 is 2.23 bits per heavy atom. The van der Waals surface area contributed by atoms with Gasteiger partial charge in [-0.15, -0.1) is 0 Å². The van der Waals surface area contributed by atoms with Crippen molar-refractivity contribution in [3.8, 4) is 0 Å². The number of nitrogens with one attached hydrogen (secondary N) is 1. The van der Waals surface area contributed by atoms with Crippen molar-refractivity contribution in [2.45, 2.75) is 25.6 Å². The minimum atomic E-state index is -1.37. The van der Waals surface area contributed by atoms with E-state index >= 15 is 0 Å². The monoisotopic (exact) mass is 428 g/mol. The van der Waals surface area contributed by atoms with Crippen molar-refractivity contribution in [3.63, 3.8) is 0 Å². The highest BCUT2D eigenvalue weighted by molar-refractivity contribution is 6.33. The average molecular weight is 429 g/mol. The molecule has 0 bridgehead atoms. The van der Waals surface area contributed by atoms with Crippen molar-refractivity contribution in [1.29, 1.82) is 0 Å². The number of imidazole rings is 1. The summed E-state index contributed by atoms with van der Waals surface area (Å²) in [6.45, 7) is 1.76. The van der Waals surface area contributed by atoms with Crippen LogP contribution in [0.4, 0.5) is 4.39 Å². The Labute approximate surface area is 175 Å². The number of rotatable bonds is 3. The molecule has 1 unspecified atom stereocenters. The molecule has 1 amide bonds. The number of carbonyl (C=O) groups is 1. The second-order valence-corrected chi connectivity index (χ2v) is 7.61. The normalized spacial score (nSPS) is 17.3. The zero-order valence-electron chi connectivity index (χ0n) is 16.3. The van der Waals surface area contributed by atoms with Gasteiger partial charge in [0.25, 0.3) is 5.91 Å². The summed E-state index contributed by atoms with van der Waals surface area (Å²) < 4.78 is 16.7. The SMILES string of the molecule is CC(F)c1nc(C(=O)N2CCc3[nH]cnc3[C@H]2c2cc3c(Cl)cccn3n2)n(C)n1. The lowest BCUT2D eigenvalue weighted by molar-refractivity contribution is 0.0669. The third kappa shape index (κ3) is 2.86. The van der Waals surface area contributed by atoms with Crippen molar-refractivity contribution >= 4 is 23.0 Å². The number of H-pyrrole nitrogens is 1. The van der Waals surface area contributed by atoms with Crippen LogP contribution in [-0.4, -0.2) is 51.7 Å². The summed E-state index contributed by atoms with van der Waals surface area (Å²) in [5, 5.41) is 9.23. The second kappa shape index (κ2) is 6.91. The minimum Gasteiger partial charge on any atom is -0.348 e. The summed E-state index contributed by atoms with van der Waals surface area (Å²) in [7, 11) is 1.58. The van der Waals surface area contributed by atoms with Crippen LogP contribution >= 0.6 is 11.6 Å². The number of pyridine rings is 1. The molecule has 2 atom stereocenters. The van der Waals surface area contributed by atoms with Crippen molar-refractivity contribution in [2.24, 2.45) is 7.05 Å². The van der Waals surface area contributed by atoms with Crippen molar-refractivity contribution in [2.75, 3.05) is 6.54 Å². The molecule has 0 saturated carbocycles. The van der Waals surface area contributed by atoms with Crippen LogP contribution in [-0.2, 0) is 13.5 Å². The molecule has 1 aliphatic heterocycles. The zero-order valence-corrected chi connectivity index (χ0v) is 17.0. The molecule has 30 heavy (non-hydrogen) atoms. The Morgan fingerprint density at radius 3 is 2.97 bits per heavy atom. The van der Waals surface area contributed by atoms with Crippen molar-refractivity contribution in [1.82, 2.24) is 39.2 Å². The molecule has 1 aliphatic rings. The molecule has 0 spiro atoms. The number of hydrogen-bond donors (Lipinski definition) is 1. The zero-order chi connectivity index (χ0) is 21.0. The predicted octanol–water partition coefficient (Wildman–Crippen LogP) is 2.66. The van der Waals surface area contributed by atoms with E-state index in [-0.39, 0.29) is 17.6 Å². The molecule has 154 valence electrons. The Balaban J connectivity index is 1.62. The number of nitrogens with zero attached hydrogens (tertiary/aromatic N) is 7. The second-order valence-electron chi connectivity index (χ2n) is 7.21. The van der Waals surface area contributed by atoms with E-state index in [9.17, 15) is 9.18 Å². The standard InChI is InChI=1S/C19H18ClFN8O/c1-10(21)17-24-18(27(2)26-17)19(30)28-7-5-12-15(23-9-22-12)16(28)13-8-14-11(20)4-3-6-29(14)25-13/h3-4,6,8-10,16H,5,7H2,1-2H3,(H,22,23)/t10?,16-/m1/s1. The summed E-state index contributed by atoms with van der Waals surface area (Å²) >= 11 is 6.32. The summed E-state index contributed by atoms with van der Waals surface area (Å²) in [6, 6.07) is 4.90. The maximum atomic E-state index is 13.7. The molecule has 9 nitrogen and oxygen atoms in total. The number of alkyl halides is 1. The maximum absolute atomic E-state index is 13.7. The summed E-state index contributed by atoms with van der Waals surface area (Å²) in [6.07, 6.45) is 2.64. The molecule has 0 aromatic carbocycles. The smallest absolute Gasteiger partial charge is 0.292 e. The van der Waals surface area contributed by atoms with Gasteiger partial charge in [0.05, 0.1) is 28.3 Å². The van der Waals surface area contributed by atoms with Gasteiger partial charge >= 0.3 is 0 Å². The first-order valence-corrected chi connectivity index (χ1v) is 9.83. The van der Waals surface area contributed by atoms with Crippen molar-refractivity contribution < 1.29 is 9.18 Å². The average Bonchev–Trinajstić information content (AvgIpc) is 3.44. The number of amides is 1. The number of aryl methyl sites for hydroxylation is 1. The molecule has 0 aliphatic carbocycles. The largest absolute Gasteiger partial charge is 0.348 e. The Hall–Kier alpha value is -3.27. The van der Waals surface area contributed by atoms with E-state index in [2.05, 4.69) is 25.1 Å². The topological polar surface area (TPSA) is 97.0 Å². The lowest BCUT2D eigenvalue weighted by atomic mass is 9.99. The van der Waals surface area contributed by atoms with Crippen LogP contribution < -0.4 is 0 Å². The van der Waals surface area contributed by atoms with Gasteiger partial charge in [-0.25, -0.2) is 23.6 Å². The lowest BCUT2D eigenvalue weighted by Crippen LogP contribution is -2.42. The molecule has 11 heteroatoms. The van der Waals surface area contributed by atoms with Crippen LogP contribution in [0.5, 0.6) is 0 Å². The predicted molar refractivity (Wildman–Crippen MR) is 106 cm³/mol. The molecular weight excluding hydrogens is 411 g/mol. The Kier molecular flexibility index (Phi) is 4.31. The number of carbonyl (C=O) groups excluding carboxylic acids is 1. The fraction of sp³-hybridized carbons (Fsp3) is 0.316. The van der Waals surface area contributed by atoms with Gasteiger partial charge in [-0.1, -0.05) is 11.6 Å². The van der Waals surface area contributed by atoms with E-state index in [1.54, 1.807) is 41.1 Å². The van der Waals surface area contributed by atoms with E-state index in [0.29, 0.717) is 23.7 Å². The van der Waals surface area contributed by atoms with E-state index in [4.69, 9.17) is 11.6 Å². The summed E-state index contributed by atoms with van der Waals surface area (Å²) in [5.41, 5.74) is 3.03. The van der Waals surface area contributed by atoms with Gasteiger partial charge in [0, 0.05) is 31.9 Å². The maximum Gasteiger partial charge on any atom is 0.292 e. The van der Waals surface area contributed by atoms with Crippen LogP contribution in [0.2, 0.25) is 5.02 Å². The van der Waals surface area contributed by atoms with Crippen LogP contribution in [0.25, 0.3) is 5.52 Å². The first-order chi connectivity index (χ1) is 14.4. The molecule has 5 heterocycles. The number of hydrogen-bond acceptors (Lipinski definition) is 5. The van der Waals surface area contributed by atoms with Gasteiger partial charge in [0.15, 0.2) is 12.0 Å². The molecule has 4 aromatic rings. The Morgan fingerprint density at radius 1 is 1.40 bits per heavy atom. The van der Waals surface area contributed by atoms with Gasteiger partial charge in [-0.05, 0) is 25.1 Å². The van der Waals surface area contributed by atoms with E-state index in [0.717, 1.165) is 16.9 Å². The highest BCUT2D eigenvalue weighted by atomic mass is 35.5. The highest BCUT2D eigenvalue weighted by Crippen LogP contribution is 2.35. The number of halogens is 2. The van der Waals surface area contributed by atoms with E-state index in [1.165, 1.54) is 11.6 Å². The minimum absolute atomic E-state index is 0.0191. The molecule has 1 N–H and O–H groups in total. The van der Waals surface area contributed by atoms with E-state index in [1.807, 2.05) is 6.07 Å². The van der Waals surface area contributed by atoms with Crippen molar-refractivity contribution in [3.05, 3.63) is 64.5 Å². The number of aromatic amines is 1. The molecule has 0 fully saturated rings. The third-order valence-electron chi connectivity index (χ3n) is 5.26.